The average Bonchev–Trinajstić information content (AvgIpc) is 2.66. The summed E-state index contributed by atoms with van der Waals surface area (Å²) in [4.78, 5) is 11.7. The molecule has 0 saturated heterocycles. The van der Waals surface area contributed by atoms with Gasteiger partial charge in [-0.1, -0.05) is 6.92 Å². The van der Waals surface area contributed by atoms with Crippen molar-refractivity contribution in [3.63, 3.8) is 0 Å². The fourth-order valence-corrected chi connectivity index (χ4v) is 1.32. The Balaban J connectivity index is 2.42. The summed E-state index contributed by atoms with van der Waals surface area (Å²) in [6.45, 7) is 6.88. The van der Waals surface area contributed by atoms with E-state index in [0.717, 1.165) is 12.3 Å². The molecule has 0 saturated carbocycles. The molecule has 0 aliphatic carbocycles. The number of amides is 1. The Labute approximate surface area is 90.0 Å². The number of hydrogen-bond acceptors (Lipinski definition) is 3. The SMILES string of the molecule is CCNC(C)(C)C(=O)NCc1ccco1. The molecule has 4 nitrogen and oxygen atoms in total. The van der Waals surface area contributed by atoms with Gasteiger partial charge in [-0.25, -0.2) is 0 Å². The zero-order valence-corrected chi connectivity index (χ0v) is 9.46. The molecule has 84 valence electrons. The lowest BCUT2D eigenvalue weighted by atomic mass is 10.0. The Morgan fingerprint density at radius 1 is 1.53 bits per heavy atom. The molecule has 0 radical (unpaired) electrons. The van der Waals surface area contributed by atoms with Gasteiger partial charge in [-0.3, -0.25) is 4.79 Å². The lowest BCUT2D eigenvalue weighted by molar-refractivity contribution is -0.126. The molecule has 1 aromatic heterocycles. The van der Waals surface area contributed by atoms with E-state index in [-0.39, 0.29) is 5.91 Å². The summed E-state index contributed by atoms with van der Waals surface area (Å²) in [6, 6.07) is 3.64. The summed E-state index contributed by atoms with van der Waals surface area (Å²) in [5.41, 5.74) is -0.540. The third-order valence-electron chi connectivity index (χ3n) is 2.19. The molecule has 0 atom stereocenters. The maximum absolute atomic E-state index is 11.7. The summed E-state index contributed by atoms with van der Waals surface area (Å²) in [6.07, 6.45) is 1.59. The molecule has 0 aromatic carbocycles. The molecule has 0 aliphatic heterocycles. The van der Waals surface area contributed by atoms with Crippen molar-refractivity contribution >= 4 is 5.91 Å². The van der Waals surface area contributed by atoms with E-state index in [1.165, 1.54) is 0 Å². The van der Waals surface area contributed by atoms with Gasteiger partial charge in [0.1, 0.15) is 5.76 Å². The van der Waals surface area contributed by atoms with Crippen LogP contribution in [-0.2, 0) is 11.3 Å². The molecule has 1 aromatic rings. The van der Waals surface area contributed by atoms with E-state index in [9.17, 15) is 4.79 Å². The topological polar surface area (TPSA) is 54.3 Å². The van der Waals surface area contributed by atoms with Crippen LogP contribution in [0.3, 0.4) is 0 Å². The van der Waals surface area contributed by atoms with Crippen LogP contribution in [0.1, 0.15) is 26.5 Å². The molecule has 0 bridgehead atoms. The maximum atomic E-state index is 11.7. The fraction of sp³-hybridized carbons (Fsp3) is 0.545. The molecular formula is C11H18N2O2. The minimum absolute atomic E-state index is 0.0271. The van der Waals surface area contributed by atoms with Gasteiger partial charge in [0.2, 0.25) is 5.91 Å². The second kappa shape index (κ2) is 4.98. The van der Waals surface area contributed by atoms with Gasteiger partial charge < -0.3 is 15.1 Å². The van der Waals surface area contributed by atoms with Crippen LogP contribution in [0.5, 0.6) is 0 Å². The first kappa shape index (κ1) is 11.8. The van der Waals surface area contributed by atoms with Crippen LogP contribution >= 0.6 is 0 Å². The lowest BCUT2D eigenvalue weighted by Crippen LogP contribution is -2.52. The van der Waals surface area contributed by atoms with Gasteiger partial charge >= 0.3 is 0 Å². The summed E-state index contributed by atoms with van der Waals surface area (Å²) >= 11 is 0. The minimum Gasteiger partial charge on any atom is -0.467 e. The summed E-state index contributed by atoms with van der Waals surface area (Å²) in [7, 11) is 0. The number of nitrogens with one attached hydrogen (secondary N) is 2. The monoisotopic (exact) mass is 210 g/mol. The van der Waals surface area contributed by atoms with E-state index < -0.39 is 5.54 Å². The van der Waals surface area contributed by atoms with Gasteiger partial charge in [0.05, 0.1) is 18.3 Å². The van der Waals surface area contributed by atoms with E-state index >= 15 is 0 Å². The summed E-state index contributed by atoms with van der Waals surface area (Å²) in [5.74, 6) is 0.733. The van der Waals surface area contributed by atoms with Crippen molar-refractivity contribution in [1.29, 1.82) is 0 Å². The second-order valence-corrected chi connectivity index (χ2v) is 3.92. The Morgan fingerprint density at radius 3 is 2.80 bits per heavy atom. The van der Waals surface area contributed by atoms with Gasteiger partial charge in [-0.15, -0.1) is 0 Å². The predicted octanol–water partition coefficient (Wildman–Crippen LogP) is 1.28. The number of hydrogen-bond donors (Lipinski definition) is 2. The standard InChI is InChI=1S/C11H18N2O2/c1-4-13-11(2,3)10(14)12-8-9-6-5-7-15-9/h5-7,13H,4,8H2,1-3H3,(H,12,14). The zero-order valence-electron chi connectivity index (χ0n) is 9.46. The molecule has 2 N–H and O–H groups in total. The van der Waals surface area contributed by atoms with Crippen molar-refractivity contribution in [3.05, 3.63) is 24.2 Å². The Hall–Kier alpha value is -1.29. The van der Waals surface area contributed by atoms with Gasteiger partial charge in [0, 0.05) is 0 Å². The van der Waals surface area contributed by atoms with Crippen LogP contribution < -0.4 is 10.6 Å². The number of likely N-dealkylation sites (N-methyl/N-ethyl adjacent to an activating group) is 1. The number of carbonyl (C=O) groups excluding carboxylic acids is 1. The van der Waals surface area contributed by atoms with Crippen LogP contribution in [0.2, 0.25) is 0 Å². The van der Waals surface area contributed by atoms with Crippen molar-refractivity contribution in [1.82, 2.24) is 10.6 Å². The quantitative estimate of drug-likeness (QED) is 0.769. The molecule has 1 heterocycles. The molecule has 0 aliphatic rings. The van der Waals surface area contributed by atoms with Crippen molar-refractivity contribution in [2.75, 3.05) is 6.54 Å². The number of rotatable bonds is 5. The fourth-order valence-electron chi connectivity index (χ4n) is 1.32. The van der Waals surface area contributed by atoms with Gasteiger partial charge in [0.15, 0.2) is 0 Å². The van der Waals surface area contributed by atoms with Gasteiger partial charge in [-0.05, 0) is 32.5 Å². The molecule has 1 amide bonds. The maximum Gasteiger partial charge on any atom is 0.240 e. The van der Waals surface area contributed by atoms with Crippen LogP contribution in [0.15, 0.2) is 22.8 Å². The molecule has 0 fully saturated rings. The van der Waals surface area contributed by atoms with E-state index in [0.29, 0.717) is 6.54 Å². The van der Waals surface area contributed by atoms with Crippen LogP contribution in [-0.4, -0.2) is 18.0 Å². The normalized spacial score (nSPS) is 11.4. The highest BCUT2D eigenvalue weighted by Gasteiger charge is 2.25. The largest absolute Gasteiger partial charge is 0.467 e. The molecule has 0 unspecified atom stereocenters. The predicted molar refractivity (Wildman–Crippen MR) is 58.3 cm³/mol. The van der Waals surface area contributed by atoms with Crippen LogP contribution in [0.25, 0.3) is 0 Å². The smallest absolute Gasteiger partial charge is 0.240 e. The Kier molecular flexibility index (Phi) is 3.91. The van der Waals surface area contributed by atoms with Crippen molar-refractivity contribution in [2.45, 2.75) is 32.9 Å². The van der Waals surface area contributed by atoms with E-state index in [2.05, 4.69) is 10.6 Å². The average molecular weight is 210 g/mol. The lowest BCUT2D eigenvalue weighted by Gasteiger charge is -2.24. The van der Waals surface area contributed by atoms with Crippen LogP contribution in [0, 0.1) is 0 Å². The highest BCUT2D eigenvalue weighted by Crippen LogP contribution is 2.03. The zero-order chi connectivity index (χ0) is 11.3. The highest BCUT2D eigenvalue weighted by atomic mass is 16.3. The summed E-state index contributed by atoms with van der Waals surface area (Å²) in [5, 5.41) is 5.92. The van der Waals surface area contributed by atoms with Crippen molar-refractivity contribution < 1.29 is 9.21 Å². The number of furan rings is 1. The molecule has 15 heavy (non-hydrogen) atoms. The molecule has 4 heteroatoms. The Morgan fingerprint density at radius 2 is 2.27 bits per heavy atom. The van der Waals surface area contributed by atoms with Crippen molar-refractivity contribution in [3.8, 4) is 0 Å². The first-order chi connectivity index (χ1) is 7.06. The first-order valence-electron chi connectivity index (χ1n) is 5.12. The highest BCUT2D eigenvalue weighted by molar-refractivity contribution is 5.85. The van der Waals surface area contributed by atoms with Crippen LogP contribution in [0.4, 0.5) is 0 Å². The van der Waals surface area contributed by atoms with E-state index in [1.54, 1.807) is 12.3 Å². The molecule has 0 spiro atoms. The Bertz CT molecular complexity index is 304. The second-order valence-electron chi connectivity index (χ2n) is 3.92. The molecule has 1 rings (SSSR count). The van der Waals surface area contributed by atoms with E-state index in [1.807, 2.05) is 26.8 Å². The number of carbonyl (C=O) groups is 1. The summed E-state index contributed by atoms with van der Waals surface area (Å²) < 4.78 is 5.12. The minimum atomic E-state index is -0.540. The van der Waals surface area contributed by atoms with Gasteiger partial charge in [0.25, 0.3) is 0 Å². The third kappa shape index (κ3) is 3.40. The first-order valence-corrected chi connectivity index (χ1v) is 5.12. The third-order valence-corrected chi connectivity index (χ3v) is 2.19. The van der Waals surface area contributed by atoms with Crippen molar-refractivity contribution in [2.24, 2.45) is 0 Å². The molecular weight excluding hydrogens is 192 g/mol. The van der Waals surface area contributed by atoms with E-state index in [4.69, 9.17) is 4.42 Å². The van der Waals surface area contributed by atoms with Gasteiger partial charge in [-0.2, -0.15) is 0 Å².